The van der Waals surface area contributed by atoms with Crippen molar-refractivity contribution in [2.45, 2.75) is 18.7 Å². The molecule has 6 heteroatoms. The van der Waals surface area contributed by atoms with Gasteiger partial charge in [0.2, 0.25) is 5.95 Å². The Hall–Kier alpha value is -2.21. The third-order valence-electron chi connectivity index (χ3n) is 3.57. The molecule has 3 rings (SSSR count). The molecule has 21 heavy (non-hydrogen) atoms. The SMILES string of the molecule is Cc1ccc2c(c(F)nn2S(=O)(=O)c2ccccc2)c1C. The normalized spacial score (nSPS) is 12.0. The molecule has 0 fully saturated rings. The van der Waals surface area contributed by atoms with Gasteiger partial charge >= 0.3 is 0 Å². The predicted octanol–water partition coefficient (Wildman–Crippen LogP) is 3.03. The molecule has 0 aliphatic rings. The minimum absolute atomic E-state index is 0.0765. The highest BCUT2D eigenvalue weighted by Crippen LogP contribution is 2.27. The van der Waals surface area contributed by atoms with E-state index >= 15 is 0 Å². The van der Waals surface area contributed by atoms with E-state index in [9.17, 15) is 12.8 Å². The average molecular weight is 304 g/mol. The van der Waals surface area contributed by atoms with Gasteiger partial charge in [0, 0.05) is 0 Å². The Morgan fingerprint density at radius 1 is 1.05 bits per heavy atom. The molecular formula is C15H13FN2O2S. The number of nitrogens with zero attached hydrogens (tertiary/aromatic N) is 2. The van der Waals surface area contributed by atoms with E-state index in [1.54, 1.807) is 37.3 Å². The molecule has 0 saturated carbocycles. The average Bonchev–Trinajstić information content (AvgIpc) is 2.82. The van der Waals surface area contributed by atoms with Gasteiger partial charge in [-0.25, -0.2) is 0 Å². The van der Waals surface area contributed by atoms with Gasteiger partial charge in [0.25, 0.3) is 10.0 Å². The van der Waals surface area contributed by atoms with Crippen LogP contribution < -0.4 is 0 Å². The van der Waals surface area contributed by atoms with E-state index in [1.165, 1.54) is 12.1 Å². The first kappa shape index (κ1) is 13.8. The van der Waals surface area contributed by atoms with Crippen LogP contribution in [0, 0.1) is 19.8 Å². The lowest BCUT2D eigenvalue weighted by Gasteiger charge is -2.06. The van der Waals surface area contributed by atoms with Crippen LogP contribution in [0.25, 0.3) is 10.9 Å². The van der Waals surface area contributed by atoms with Gasteiger partial charge in [-0.3, -0.25) is 0 Å². The fraction of sp³-hybridized carbons (Fsp3) is 0.133. The van der Waals surface area contributed by atoms with Gasteiger partial charge in [0.05, 0.1) is 15.8 Å². The van der Waals surface area contributed by atoms with Gasteiger partial charge in [0.15, 0.2) is 0 Å². The Labute approximate surface area is 121 Å². The van der Waals surface area contributed by atoms with Crippen molar-refractivity contribution in [1.29, 1.82) is 0 Å². The van der Waals surface area contributed by atoms with Crippen molar-refractivity contribution in [1.82, 2.24) is 9.19 Å². The zero-order valence-electron chi connectivity index (χ0n) is 11.5. The maximum atomic E-state index is 14.1. The summed E-state index contributed by atoms with van der Waals surface area (Å²) in [7, 11) is -3.91. The van der Waals surface area contributed by atoms with Gasteiger partial charge in [-0.05, 0) is 43.2 Å². The third-order valence-corrected chi connectivity index (χ3v) is 5.18. The molecule has 0 atom stereocenters. The Bertz CT molecular complexity index is 931. The van der Waals surface area contributed by atoms with Crippen molar-refractivity contribution in [2.24, 2.45) is 0 Å². The number of hydrogen-bond donors (Lipinski definition) is 0. The second-order valence-corrected chi connectivity index (χ2v) is 6.62. The number of halogens is 1. The quantitative estimate of drug-likeness (QED) is 0.731. The highest BCUT2D eigenvalue weighted by molar-refractivity contribution is 7.90. The summed E-state index contributed by atoms with van der Waals surface area (Å²) in [6, 6.07) is 11.2. The molecule has 2 aromatic carbocycles. The van der Waals surface area contributed by atoms with E-state index < -0.39 is 16.0 Å². The van der Waals surface area contributed by atoms with Crippen LogP contribution in [-0.2, 0) is 10.0 Å². The Morgan fingerprint density at radius 2 is 1.71 bits per heavy atom. The van der Waals surface area contributed by atoms with E-state index in [0.29, 0.717) is 5.56 Å². The number of benzene rings is 2. The van der Waals surface area contributed by atoms with Crippen LogP contribution in [0.3, 0.4) is 0 Å². The number of hydrogen-bond acceptors (Lipinski definition) is 3. The summed E-state index contributed by atoms with van der Waals surface area (Å²) < 4.78 is 40.0. The summed E-state index contributed by atoms with van der Waals surface area (Å²) in [5.41, 5.74) is 1.83. The maximum Gasteiger partial charge on any atom is 0.283 e. The maximum absolute atomic E-state index is 14.1. The van der Waals surface area contributed by atoms with Crippen LogP contribution in [0.15, 0.2) is 47.4 Å². The number of aryl methyl sites for hydroxylation is 2. The van der Waals surface area contributed by atoms with Crippen molar-refractivity contribution in [3.63, 3.8) is 0 Å². The van der Waals surface area contributed by atoms with Gasteiger partial charge < -0.3 is 0 Å². The van der Waals surface area contributed by atoms with Crippen LogP contribution in [0.5, 0.6) is 0 Å². The van der Waals surface area contributed by atoms with Gasteiger partial charge in [-0.15, -0.1) is 5.10 Å². The fourth-order valence-electron chi connectivity index (χ4n) is 2.28. The topological polar surface area (TPSA) is 52.0 Å². The molecule has 1 aromatic heterocycles. The summed E-state index contributed by atoms with van der Waals surface area (Å²) in [6.07, 6.45) is 0. The van der Waals surface area contributed by atoms with Crippen molar-refractivity contribution >= 4 is 20.9 Å². The first-order chi connectivity index (χ1) is 9.93. The Morgan fingerprint density at radius 3 is 2.38 bits per heavy atom. The van der Waals surface area contributed by atoms with Crippen LogP contribution >= 0.6 is 0 Å². The zero-order chi connectivity index (χ0) is 15.2. The minimum Gasteiger partial charge on any atom is -0.199 e. The van der Waals surface area contributed by atoms with E-state index in [-0.39, 0.29) is 15.8 Å². The second kappa shape index (κ2) is 4.66. The lowest BCUT2D eigenvalue weighted by Crippen LogP contribution is -2.14. The summed E-state index contributed by atoms with van der Waals surface area (Å²) in [5.74, 6) is -0.772. The largest absolute Gasteiger partial charge is 0.283 e. The minimum atomic E-state index is -3.91. The molecule has 0 aliphatic carbocycles. The molecule has 0 spiro atoms. The van der Waals surface area contributed by atoms with Crippen molar-refractivity contribution in [3.05, 3.63) is 59.5 Å². The van der Waals surface area contributed by atoms with Crippen molar-refractivity contribution in [2.75, 3.05) is 0 Å². The first-order valence-corrected chi connectivity index (χ1v) is 7.82. The first-order valence-electron chi connectivity index (χ1n) is 6.38. The lowest BCUT2D eigenvalue weighted by molar-refractivity contribution is 0.555. The summed E-state index contributed by atoms with van der Waals surface area (Å²) >= 11 is 0. The Kier molecular flexibility index (Phi) is 3.06. The highest BCUT2D eigenvalue weighted by Gasteiger charge is 2.24. The monoisotopic (exact) mass is 304 g/mol. The van der Waals surface area contributed by atoms with Crippen LogP contribution in [0.2, 0.25) is 0 Å². The molecule has 0 bridgehead atoms. The summed E-state index contributed by atoms with van der Waals surface area (Å²) in [5, 5.41) is 3.85. The second-order valence-electron chi connectivity index (χ2n) is 4.85. The molecule has 1 heterocycles. The van der Waals surface area contributed by atoms with Gasteiger partial charge in [0.1, 0.15) is 0 Å². The van der Waals surface area contributed by atoms with E-state index in [2.05, 4.69) is 5.10 Å². The van der Waals surface area contributed by atoms with Gasteiger partial charge in [-0.2, -0.15) is 16.9 Å². The molecular weight excluding hydrogens is 291 g/mol. The standard InChI is InChI=1S/C15H13FN2O2S/c1-10-8-9-13-14(11(10)2)15(16)17-18(13)21(19,20)12-6-4-3-5-7-12/h3-9H,1-2H3. The van der Waals surface area contributed by atoms with Crippen LogP contribution in [0.1, 0.15) is 11.1 Å². The van der Waals surface area contributed by atoms with Crippen molar-refractivity contribution < 1.29 is 12.8 Å². The molecule has 0 unspecified atom stereocenters. The van der Waals surface area contributed by atoms with E-state index in [1.807, 2.05) is 6.92 Å². The van der Waals surface area contributed by atoms with Crippen molar-refractivity contribution in [3.8, 4) is 0 Å². The zero-order valence-corrected chi connectivity index (χ0v) is 12.4. The third kappa shape index (κ3) is 2.03. The molecule has 0 amide bonds. The lowest BCUT2D eigenvalue weighted by atomic mass is 10.1. The fourth-order valence-corrected chi connectivity index (χ4v) is 3.57. The summed E-state index contributed by atoms with van der Waals surface area (Å²) in [4.78, 5) is 0.0765. The number of rotatable bonds is 2. The number of fused-ring (bicyclic) bond motifs is 1. The molecule has 108 valence electrons. The van der Waals surface area contributed by atoms with Crippen LogP contribution in [-0.4, -0.2) is 17.6 Å². The molecule has 0 aliphatic heterocycles. The molecule has 0 radical (unpaired) electrons. The van der Waals surface area contributed by atoms with Crippen LogP contribution in [0.4, 0.5) is 4.39 Å². The predicted molar refractivity (Wildman–Crippen MR) is 78.2 cm³/mol. The molecule has 4 nitrogen and oxygen atoms in total. The highest BCUT2D eigenvalue weighted by atomic mass is 32.2. The van der Waals surface area contributed by atoms with Gasteiger partial charge in [-0.1, -0.05) is 24.3 Å². The Balaban J connectivity index is 2.35. The number of aromatic nitrogens is 2. The molecule has 0 N–H and O–H groups in total. The van der Waals surface area contributed by atoms with E-state index in [0.717, 1.165) is 9.65 Å². The molecule has 0 saturated heterocycles. The smallest absolute Gasteiger partial charge is 0.199 e. The van der Waals surface area contributed by atoms with E-state index in [4.69, 9.17) is 0 Å². The summed E-state index contributed by atoms with van der Waals surface area (Å²) in [6.45, 7) is 3.60. The molecule has 3 aromatic rings.